The number of carbonyl (C=O) groups is 1. The SMILES string of the molecule is C[C@@H]1CN(CC(=O)N2CC(C)(C)c3ncc(Cc4ccc(F)cc4F)cc32)[C@@H](CN2CCOCC2)CN1.Cl.Cl. The van der Waals surface area contributed by atoms with Crippen molar-refractivity contribution >= 4 is 36.4 Å². The predicted molar refractivity (Wildman–Crippen MR) is 153 cm³/mol. The average Bonchev–Trinajstić information content (AvgIpc) is 3.13. The Morgan fingerprint density at radius 3 is 2.64 bits per heavy atom. The zero-order chi connectivity index (χ0) is 26.2. The van der Waals surface area contributed by atoms with Gasteiger partial charge in [0.05, 0.1) is 31.1 Å². The van der Waals surface area contributed by atoms with Crippen molar-refractivity contribution in [2.45, 2.75) is 44.7 Å². The summed E-state index contributed by atoms with van der Waals surface area (Å²) in [6, 6.07) is 6.14. The molecule has 0 spiro atoms. The Hall–Kier alpha value is -1.88. The Morgan fingerprint density at radius 2 is 1.92 bits per heavy atom. The Morgan fingerprint density at radius 1 is 1.18 bits per heavy atom. The number of hydrogen-bond acceptors (Lipinski definition) is 6. The van der Waals surface area contributed by atoms with Gasteiger partial charge in [-0.1, -0.05) is 19.9 Å². The van der Waals surface area contributed by atoms with E-state index in [0.29, 0.717) is 24.7 Å². The molecule has 1 amide bonds. The number of hydrogen-bond donors (Lipinski definition) is 1. The van der Waals surface area contributed by atoms with Gasteiger partial charge in [0.15, 0.2) is 0 Å². The molecule has 7 nitrogen and oxygen atoms in total. The molecule has 2 saturated heterocycles. The first-order chi connectivity index (χ1) is 17.7. The van der Waals surface area contributed by atoms with Crippen LogP contribution in [0.1, 0.15) is 37.6 Å². The van der Waals surface area contributed by atoms with Gasteiger partial charge in [-0.05, 0) is 30.2 Å². The summed E-state index contributed by atoms with van der Waals surface area (Å²) in [5, 5.41) is 3.57. The van der Waals surface area contributed by atoms with Gasteiger partial charge < -0.3 is 15.0 Å². The van der Waals surface area contributed by atoms with Gasteiger partial charge >= 0.3 is 0 Å². The lowest BCUT2D eigenvalue weighted by atomic mass is 9.91. The summed E-state index contributed by atoms with van der Waals surface area (Å²) in [5.41, 5.74) is 2.58. The average molecular weight is 587 g/mol. The highest BCUT2D eigenvalue weighted by Gasteiger charge is 2.40. The van der Waals surface area contributed by atoms with Crippen molar-refractivity contribution < 1.29 is 18.3 Å². The normalized spacial score (nSPS) is 23.1. The summed E-state index contributed by atoms with van der Waals surface area (Å²) >= 11 is 0. The molecule has 0 saturated carbocycles. The lowest BCUT2D eigenvalue weighted by Crippen LogP contribution is -2.61. The first kappa shape index (κ1) is 31.6. The van der Waals surface area contributed by atoms with Gasteiger partial charge in [-0.15, -0.1) is 24.8 Å². The van der Waals surface area contributed by atoms with Crippen LogP contribution >= 0.6 is 24.8 Å². The quantitative estimate of drug-likeness (QED) is 0.560. The molecule has 0 bridgehead atoms. The molecule has 216 valence electrons. The van der Waals surface area contributed by atoms with E-state index in [9.17, 15) is 13.6 Å². The number of halogens is 4. The second kappa shape index (κ2) is 13.2. The van der Waals surface area contributed by atoms with Crippen molar-refractivity contribution in [2.24, 2.45) is 0 Å². The van der Waals surface area contributed by atoms with Gasteiger partial charge in [-0.25, -0.2) is 8.78 Å². The molecule has 3 aliphatic heterocycles. The number of fused-ring (bicyclic) bond motifs is 1. The third-order valence-corrected chi connectivity index (χ3v) is 7.76. The fraction of sp³-hybridized carbons (Fsp3) is 0.571. The van der Waals surface area contributed by atoms with Gasteiger partial charge in [0.2, 0.25) is 5.91 Å². The topological polar surface area (TPSA) is 60.9 Å². The number of morpholine rings is 1. The summed E-state index contributed by atoms with van der Waals surface area (Å²) in [6.45, 7) is 13.2. The van der Waals surface area contributed by atoms with Crippen LogP contribution in [0.3, 0.4) is 0 Å². The molecule has 2 aromatic rings. The van der Waals surface area contributed by atoms with Gasteiger partial charge in [-0.3, -0.25) is 19.6 Å². The lowest BCUT2D eigenvalue weighted by molar-refractivity contribution is -0.121. The third kappa shape index (κ3) is 7.26. The molecule has 0 unspecified atom stereocenters. The number of anilines is 1. The van der Waals surface area contributed by atoms with Gasteiger partial charge in [0.1, 0.15) is 11.6 Å². The van der Waals surface area contributed by atoms with E-state index in [4.69, 9.17) is 9.72 Å². The van der Waals surface area contributed by atoms with Gasteiger partial charge in [0, 0.05) is 75.5 Å². The lowest BCUT2D eigenvalue weighted by Gasteiger charge is -2.42. The highest BCUT2D eigenvalue weighted by atomic mass is 35.5. The summed E-state index contributed by atoms with van der Waals surface area (Å²) in [6.07, 6.45) is 2.03. The zero-order valence-corrected chi connectivity index (χ0v) is 24.4. The molecule has 1 aromatic carbocycles. The summed E-state index contributed by atoms with van der Waals surface area (Å²) in [4.78, 5) is 25.1. The third-order valence-electron chi connectivity index (χ3n) is 7.76. The molecule has 1 N–H and O–H groups in total. The smallest absolute Gasteiger partial charge is 0.241 e. The van der Waals surface area contributed by atoms with E-state index in [1.54, 1.807) is 6.20 Å². The first-order valence-electron chi connectivity index (χ1n) is 13.2. The molecule has 1 aromatic heterocycles. The number of piperazine rings is 1. The number of nitrogens with one attached hydrogen (secondary N) is 1. The van der Waals surface area contributed by atoms with E-state index >= 15 is 0 Å². The van der Waals surface area contributed by atoms with Crippen LogP contribution in [0.5, 0.6) is 0 Å². The van der Waals surface area contributed by atoms with Crippen molar-refractivity contribution in [2.75, 3.05) is 63.9 Å². The molecule has 2 fully saturated rings. The molecule has 0 radical (unpaired) electrons. The minimum absolute atomic E-state index is 0. The molecule has 11 heteroatoms. The van der Waals surface area contributed by atoms with Crippen molar-refractivity contribution in [3.05, 3.63) is 58.9 Å². The van der Waals surface area contributed by atoms with Crippen LogP contribution in [0.15, 0.2) is 30.5 Å². The van der Waals surface area contributed by atoms with Crippen LogP contribution in [0.25, 0.3) is 0 Å². The maximum absolute atomic E-state index is 14.3. The molecule has 3 aliphatic rings. The standard InChI is InChI=1S/C28H37F2N5O2.2ClH/c1-19-15-34(23(14-31-19)16-33-6-8-37-9-7-33)17-26(36)35-18-28(2,3)27-25(35)11-20(13-32-27)10-21-4-5-22(29)12-24(21)30;;/h4-5,11-13,19,23,31H,6-10,14-18H2,1-3H3;2*1H/t19-,23-;;/m1../s1. The molecule has 5 rings (SSSR count). The highest BCUT2D eigenvalue weighted by Crippen LogP contribution is 2.40. The number of benzene rings is 1. The summed E-state index contributed by atoms with van der Waals surface area (Å²) in [7, 11) is 0. The van der Waals surface area contributed by atoms with Crippen LogP contribution in [-0.4, -0.2) is 91.8 Å². The molecule has 2 atom stereocenters. The molecule has 0 aliphatic carbocycles. The molecular formula is C28H39Cl2F2N5O2. The van der Waals surface area contributed by atoms with Crippen molar-refractivity contribution in [1.82, 2.24) is 20.1 Å². The number of carbonyl (C=O) groups excluding carboxylic acids is 1. The summed E-state index contributed by atoms with van der Waals surface area (Å²) in [5.74, 6) is -1.12. The van der Waals surface area contributed by atoms with Crippen LogP contribution in [0.2, 0.25) is 0 Å². The summed E-state index contributed by atoms with van der Waals surface area (Å²) < 4.78 is 33.1. The Balaban J connectivity index is 0.00000210. The predicted octanol–water partition coefficient (Wildman–Crippen LogP) is 3.41. The largest absolute Gasteiger partial charge is 0.379 e. The minimum atomic E-state index is -0.596. The molecule has 4 heterocycles. The van der Waals surface area contributed by atoms with Gasteiger partial charge in [-0.2, -0.15) is 0 Å². The van der Waals surface area contributed by atoms with E-state index in [1.807, 2.05) is 11.0 Å². The Labute approximate surface area is 242 Å². The first-order valence-corrected chi connectivity index (χ1v) is 13.2. The minimum Gasteiger partial charge on any atom is -0.379 e. The number of rotatable bonds is 6. The number of nitrogens with zero attached hydrogens (tertiary/aromatic N) is 4. The number of amides is 1. The van der Waals surface area contributed by atoms with Crippen LogP contribution < -0.4 is 10.2 Å². The number of pyridine rings is 1. The monoisotopic (exact) mass is 585 g/mol. The van der Waals surface area contributed by atoms with E-state index in [1.165, 1.54) is 12.1 Å². The van der Waals surface area contributed by atoms with E-state index < -0.39 is 11.6 Å². The van der Waals surface area contributed by atoms with Crippen molar-refractivity contribution in [1.29, 1.82) is 0 Å². The molecular weight excluding hydrogens is 547 g/mol. The fourth-order valence-electron chi connectivity index (χ4n) is 5.73. The van der Waals surface area contributed by atoms with Gasteiger partial charge in [0.25, 0.3) is 0 Å². The highest BCUT2D eigenvalue weighted by molar-refractivity contribution is 5.97. The van der Waals surface area contributed by atoms with E-state index in [-0.39, 0.29) is 48.6 Å². The zero-order valence-electron chi connectivity index (χ0n) is 22.8. The van der Waals surface area contributed by atoms with Crippen molar-refractivity contribution in [3.63, 3.8) is 0 Å². The van der Waals surface area contributed by atoms with E-state index in [0.717, 1.165) is 68.9 Å². The fourth-order valence-corrected chi connectivity index (χ4v) is 5.73. The maximum atomic E-state index is 14.3. The van der Waals surface area contributed by atoms with Crippen molar-refractivity contribution in [3.8, 4) is 0 Å². The molecule has 39 heavy (non-hydrogen) atoms. The van der Waals surface area contributed by atoms with Crippen LogP contribution in [0, 0.1) is 11.6 Å². The second-order valence-electron chi connectivity index (χ2n) is 11.3. The van der Waals surface area contributed by atoms with Crippen LogP contribution in [-0.2, 0) is 21.4 Å². The van der Waals surface area contributed by atoms with Crippen LogP contribution in [0.4, 0.5) is 14.5 Å². The number of ether oxygens (including phenoxy) is 1. The Kier molecular flexibility index (Phi) is 10.7. The number of aromatic nitrogens is 1. The van der Waals surface area contributed by atoms with E-state index in [2.05, 4.69) is 35.9 Å². The second-order valence-corrected chi connectivity index (χ2v) is 11.3. The Bertz CT molecular complexity index is 1150. The maximum Gasteiger partial charge on any atom is 0.241 e.